The minimum atomic E-state index is -4.38. The van der Waals surface area contributed by atoms with Crippen molar-refractivity contribution in [3.05, 3.63) is 15.6 Å². The molecule has 7 heteroatoms. The highest BCUT2D eigenvalue weighted by molar-refractivity contribution is 7.11. The van der Waals surface area contributed by atoms with Crippen LogP contribution in [0.2, 0.25) is 0 Å². The molecule has 0 saturated heterocycles. The number of thiazole rings is 1. The molecule has 1 rings (SSSR count). The van der Waals surface area contributed by atoms with Gasteiger partial charge in [-0.1, -0.05) is 6.92 Å². The van der Waals surface area contributed by atoms with Gasteiger partial charge in [-0.05, 0) is 13.5 Å². The second-order valence-electron chi connectivity index (χ2n) is 3.60. The van der Waals surface area contributed by atoms with Gasteiger partial charge in [0, 0.05) is 19.6 Å². The summed E-state index contributed by atoms with van der Waals surface area (Å²) in [6.07, 6.45) is -3.96. The van der Waals surface area contributed by atoms with Crippen molar-refractivity contribution < 1.29 is 17.9 Å². The Labute approximate surface area is 108 Å². The Morgan fingerprint density at radius 2 is 2.06 bits per heavy atom. The van der Waals surface area contributed by atoms with E-state index in [-0.39, 0.29) is 11.4 Å². The predicted octanol–water partition coefficient (Wildman–Crippen LogP) is 2.85. The Balaban J connectivity index is 2.79. The van der Waals surface area contributed by atoms with Crippen molar-refractivity contribution in [1.29, 1.82) is 0 Å². The Morgan fingerprint density at radius 1 is 1.33 bits per heavy atom. The first-order chi connectivity index (χ1) is 8.49. The van der Waals surface area contributed by atoms with Gasteiger partial charge in [-0.15, -0.1) is 11.3 Å². The molecule has 3 nitrogen and oxygen atoms in total. The zero-order valence-electron chi connectivity index (χ0n) is 10.4. The van der Waals surface area contributed by atoms with Gasteiger partial charge in [-0.25, -0.2) is 4.98 Å². The average molecular weight is 282 g/mol. The molecule has 0 spiro atoms. The number of alkyl halides is 3. The van der Waals surface area contributed by atoms with Gasteiger partial charge < -0.3 is 10.1 Å². The van der Waals surface area contributed by atoms with E-state index in [0.29, 0.717) is 31.2 Å². The van der Waals surface area contributed by atoms with E-state index in [1.165, 1.54) is 0 Å². The summed E-state index contributed by atoms with van der Waals surface area (Å²) >= 11 is 1.10. The summed E-state index contributed by atoms with van der Waals surface area (Å²) in [5.41, 5.74) is -0.764. The lowest BCUT2D eigenvalue weighted by Crippen LogP contribution is -2.15. The van der Waals surface area contributed by atoms with Crippen LogP contribution in [0.4, 0.5) is 13.2 Å². The molecule has 0 fully saturated rings. The molecule has 104 valence electrons. The first-order valence-corrected chi connectivity index (χ1v) is 6.64. The van der Waals surface area contributed by atoms with E-state index in [2.05, 4.69) is 10.3 Å². The number of hydrogen-bond acceptors (Lipinski definition) is 4. The molecule has 0 aromatic carbocycles. The van der Waals surface area contributed by atoms with Gasteiger partial charge in [-0.2, -0.15) is 13.2 Å². The minimum absolute atomic E-state index is 0.206. The van der Waals surface area contributed by atoms with Crippen LogP contribution in [0.3, 0.4) is 0 Å². The second-order valence-corrected chi connectivity index (χ2v) is 4.77. The van der Waals surface area contributed by atoms with Crippen molar-refractivity contribution in [1.82, 2.24) is 10.3 Å². The second kappa shape index (κ2) is 7.06. The lowest BCUT2D eigenvalue weighted by molar-refractivity contribution is -0.141. The number of nitrogens with zero attached hydrogens (tertiary/aromatic N) is 1. The van der Waals surface area contributed by atoms with Crippen molar-refractivity contribution in [3.8, 4) is 0 Å². The van der Waals surface area contributed by atoms with E-state index in [0.717, 1.165) is 11.3 Å². The van der Waals surface area contributed by atoms with Crippen molar-refractivity contribution in [3.63, 3.8) is 0 Å². The molecule has 1 aromatic rings. The monoisotopic (exact) mass is 282 g/mol. The van der Waals surface area contributed by atoms with Crippen LogP contribution >= 0.6 is 11.3 Å². The summed E-state index contributed by atoms with van der Waals surface area (Å²) in [7, 11) is 0. The molecule has 0 aliphatic rings. The fourth-order valence-electron chi connectivity index (χ4n) is 1.39. The van der Waals surface area contributed by atoms with Crippen LogP contribution in [0.25, 0.3) is 0 Å². The van der Waals surface area contributed by atoms with Crippen molar-refractivity contribution in [2.45, 2.75) is 33.0 Å². The van der Waals surface area contributed by atoms with Crippen molar-refractivity contribution in [2.24, 2.45) is 0 Å². The third-order valence-corrected chi connectivity index (χ3v) is 3.33. The third kappa shape index (κ3) is 4.55. The smallest absolute Gasteiger partial charge is 0.381 e. The van der Waals surface area contributed by atoms with Gasteiger partial charge in [0.05, 0.1) is 16.5 Å². The summed E-state index contributed by atoms with van der Waals surface area (Å²) in [4.78, 5) is 3.93. The number of ether oxygens (including phenoxy) is 1. The van der Waals surface area contributed by atoms with Crippen LogP contribution in [0.1, 0.15) is 29.4 Å². The molecular formula is C11H17F3N2OS. The summed E-state index contributed by atoms with van der Waals surface area (Å²) < 4.78 is 43.4. The molecule has 0 unspecified atom stereocenters. The number of nitrogens with one attached hydrogen (secondary N) is 1. The number of aromatic nitrogens is 1. The quantitative estimate of drug-likeness (QED) is 0.781. The zero-order chi connectivity index (χ0) is 13.6. The fraction of sp³-hybridized carbons (Fsp3) is 0.727. The van der Waals surface area contributed by atoms with E-state index in [1.54, 1.807) is 0 Å². The molecule has 0 atom stereocenters. The van der Waals surface area contributed by atoms with Gasteiger partial charge in [-0.3, -0.25) is 0 Å². The molecule has 0 aliphatic carbocycles. The molecule has 0 bridgehead atoms. The molecule has 1 aromatic heterocycles. The van der Waals surface area contributed by atoms with Crippen LogP contribution in [0, 0.1) is 0 Å². The molecule has 0 saturated carbocycles. The maximum atomic E-state index is 12.8. The Bertz CT molecular complexity index is 366. The molecule has 1 N–H and O–H groups in total. The van der Waals surface area contributed by atoms with Crippen LogP contribution in [0.15, 0.2) is 0 Å². The Hall–Kier alpha value is -0.660. The Kier molecular flexibility index (Phi) is 6.04. The van der Waals surface area contributed by atoms with Gasteiger partial charge in [0.25, 0.3) is 0 Å². The normalized spacial score (nSPS) is 12.1. The fourth-order valence-corrected chi connectivity index (χ4v) is 2.43. The Morgan fingerprint density at radius 3 is 2.61 bits per heavy atom. The van der Waals surface area contributed by atoms with Gasteiger partial charge >= 0.3 is 6.18 Å². The summed E-state index contributed by atoms with van der Waals surface area (Å²) in [6.45, 7) is 5.49. The lowest BCUT2D eigenvalue weighted by Gasteiger charge is -2.05. The average Bonchev–Trinajstić information content (AvgIpc) is 2.70. The number of halogens is 3. The van der Waals surface area contributed by atoms with Crippen molar-refractivity contribution >= 4 is 11.3 Å². The van der Waals surface area contributed by atoms with Crippen LogP contribution < -0.4 is 5.32 Å². The van der Waals surface area contributed by atoms with Crippen LogP contribution in [-0.2, 0) is 23.9 Å². The van der Waals surface area contributed by atoms with E-state index >= 15 is 0 Å². The molecular weight excluding hydrogens is 265 g/mol. The molecule has 0 radical (unpaired) electrons. The van der Waals surface area contributed by atoms with E-state index in [1.807, 2.05) is 13.8 Å². The maximum absolute atomic E-state index is 12.8. The standard InChI is InChI=1S/C11H17F3N2OS/c1-3-15-7-8-10(11(12,13)14)16-9(18-8)5-6-17-4-2/h15H,3-7H2,1-2H3. The maximum Gasteiger partial charge on any atom is 0.434 e. The summed E-state index contributed by atoms with van der Waals surface area (Å²) in [5.74, 6) is 0. The molecule has 0 aliphatic heterocycles. The van der Waals surface area contributed by atoms with Gasteiger partial charge in [0.1, 0.15) is 0 Å². The van der Waals surface area contributed by atoms with Crippen LogP contribution in [0.5, 0.6) is 0 Å². The highest BCUT2D eigenvalue weighted by atomic mass is 32.1. The van der Waals surface area contributed by atoms with Crippen molar-refractivity contribution in [2.75, 3.05) is 19.8 Å². The number of rotatable bonds is 7. The third-order valence-electron chi connectivity index (χ3n) is 2.21. The zero-order valence-corrected chi connectivity index (χ0v) is 11.2. The van der Waals surface area contributed by atoms with Gasteiger partial charge in [0.15, 0.2) is 5.69 Å². The minimum Gasteiger partial charge on any atom is -0.381 e. The predicted molar refractivity (Wildman–Crippen MR) is 64.7 cm³/mol. The first kappa shape index (κ1) is 15.4. The lowest BCUT2D eigenvalue weighted by atomic mass is 10.3. The van der Waals surface area contributed by atoms with Gasteiger partial charge in [0.2, 0.25) is 0 Å². The largest absolute Gasteiger partial charge is 0.434 e. The highest BCUT2D eigenvalue weighted by Crippen LogP contribution is 2.34. The number of hydrogen-bond donors (Lipinski definition) is 1. The molecule has 0 amide bonds. The van der Waals surface area contributed by atoms with E-state index in [4.69, 9.17) is 4.74 Å². The molecule has 1 heterocycles. The van der Waals surface area contributed by atoms with E-state index in [9.17, 15) is 13.2 Å². The SMILES string of the molecule is CCNCc1sc(CCOCC)nc1C(F)(F)F. The highest BCUT2D eigenvalue weighted by Gasteiger charge is 2.37. The topological polar surface area (TPSA) is 34.1 Å². The molecule has 18 heavy (non-hydrogen) atoms. The summed E-state index contributed by atoms with van der Waals surface area (Å²) in [5, 5.41) is 3.37. The first-order valence-electron chi connectivity index (χ1n) is 5.83. The van der Waals surface area contributed by atoms with E-state index < -0.39 is 11.9 Å². The van der Waals surface area contributed by atoms with Crippen LogP contribution in [-0.4, -0.2) is 24.7 Å². The summed E-state index contributed by atoms with van der Waals surface area (Å²) in [6, 6.07) is 0.